The van der Waals surface area contributed by atoms with Crippen molar-refractivity contribution in [2.45, 2.75) is 13.8 Å². The normalized spacial score (nSPS) is 11.0. The summed E-state index contributed by atoms with van der Waals surface area (Å²) in [7, 11) is 0. The maximum Gasteiger partial charge on any atom is 0.354 e. The minimum atomic E-state index is -0.388. The zero-order chi connectivity index (χ0) is 20.4. The number of rotatable bonds is 6. The first kappa shape index (κ1) is 18.6. The number of carbonyl (C=O) groups is 2. The number of ether oxygens (including phenoxy) is 3. The highest BCUT2D eigenvalue weighted by Crippen LogP contribution is 2.29. The molecule has 0 saturated carbocycles. The molecule has 0 bridgehead atoms. The Morgan fingerprint density at radius 3 is 1.59 bits per heavy atom. The number of fused-ring (bicyclic) bond motifs is 2. The standard InChI is InChI=1S/C22H20N2O5/c1-3-27-21(25)19-11-13-9-15(5-7-17(13)23-19)29-16-6-8-18-14(10-16)12-20(24-18)22(26)28-4-2/h5-12,23-24H,3-4H2,1-2H3. The Morgan fingerprint density at radius 1 is 0.724 bits per heavy atom. The van der Waals surface area contributed by atoms with Crippen LogP contribution >= 0.6 is 0 Å². The van der Waals surface area contributed by atoms with Crippen LogP contribution in [-0.2, 0) is 9.47 Å². The van der Waals surface area contributed by atoms with Gasteiger partial charge in [-0.05, 0) is 62.4 Å². The van der Waals surface area contributed by atoms with Crippen LogP contribution < -0.4 is 4.74 Å². The number of H-pyrrole nitrogens is 2. The highest BCUT2D eigenvalue weighted by molar-refractivity contribution is 5.96. The molecule has 0 radical (unpaired) electrons. The number of esters is 2. The number of aromatic nitrogens is 2. The third-order valence-electron chi connectivity index (χ3n) is 4.41. The smallest absolute Gasteiger partial charge is 0.354 e. The fourth-order valence-corrected chi connectivity index (χ4v) is 3.12. The predicted molar refractivity (Wildman–Crippen MR) is 109 cm³/mol. The van der Waals surface area contributed by atoms with E-state index in [9.17, 15) is 9.59 Å². The number of aromatic amines is 2. The van der Waals surface area contributed by atoms with Gasteiger partial charge in [0.25, 0.3) is 0 Å². The zero-order valence-electron chi connectivity index (χ0n) is 16.1. The lowest BCUT2D eigenvalue weighted by atomic mass is 10.2. The average molecular weight is 392 g/mol. The van der Waals surface area contributed by atoms with Gasteiger partial charge in [0.05, 0.1) is 13.2 Å². The summed E-state index contributed by atoms with van der Waals surface area (Å²) in [6.07, 6.45) is 0. The van der Waals surface area contributed by atoms with E-state index >= 15 is 0 Å². The van der Waals surface area contributed by atoms with Crippen LogP contribution in [0.2, 0.25) is 0 Å². The molecule has 0 atom stereocenters. The summed E-state index contributed by atoms with van der Waals surface area (Å²) in [5.74, 6) is 0.489. The highest BCUT2D eigenvalue weighted by atomic mass is 16.5. The fraction of sp³-hybridized carbons (Fsp3) is 0.182. The van der Waals surface area contributed by atoms with E-state index in [0.29, 0.717) is 36.1 Å². The Hall–Kier alpha value is -3.74. The van der Waals surface area contributed by atoms with Crippen LogP contribution in [-0.4, -0.2) is 35.1 Å². The maximum absolute atomic E-state index is 11.9. The summed E-state index contributed by atoms with van der Waals surface area (Å²) >= 11 is 0. The van der Waals surface area contributed by atoms with E-state index < -0.39 is 0 Å². The molecule has 4 rings (SSSR count). The van der Waals surface area contributed by atoms with E-state index in [1.54, 1.807) is 26.0 Å². The minimum absolute atomic E-state index is 0.322. The molecular weight excluding hydrogens is 372 g/mol. The number of benzene rings is 2. The fourth-order valence-electron chi connectivity index (χ4n) is 3.12. The van der Waals surface area contributed by atoms with Gasteiger partial charge in [-0.1, -0.05) is 0 Å². The van der Waals surface area contributed by atoms with Crippen LogP contribution in [0.3, 0.4) is 0 Å². The van der Waals surface area contributed by atoms with Crippen LogP contribution in [0.1, 0.15) is 34.8 Å². The number of hydrogen-bond acceptors (Lipinski definition) is 5. The molecule has 148 valence electrons. The minimum Gasteiger partial charge on any atom is -0.461 e. The molecule has 0 saturated heterocycles. The number of hydrogen-bond donors (Lipinski definition) is 2. The van der Waals surface area contributed by atoms with Gasteiger partial charge in [-0.15, -0.1) is 0 Å². The lowest BCUT2D eigenvalue weighted by molar-refractivity contribution is 0.0511. The molecule has 0 unspecified atom stereocenters. The Kier molecular flexibility index (Phi) is 4.95. The third kappa shape index (κ3) is 3.80. The van der Waals surface area contributed by atoms with Gasteiger partial charge in [0.1, 0.15) is 22.9 Å². The van der Waals surface area contributed by atoms with Crippen molar-refractivity contribution in [1.29, 1.82) is 0 Å². The molecule has 0 aliphatic rings. The highest BCUT2D eigenvalue weighted by Gasteiger charge is 2.12. The zero-order valence-corrected chi connectivity index (χ0v) is 16.1. The summed E-state index contributed by atoms with van der Waals surface area (Å²) in [6.45, 7) is 4.18. The number of nitrogens with one attached hydrogen (secondary N) is 2. The van der Waals surface area contributed by atoms with Gasteiger partial charge in [0, 0.05) is 21.8 Å². The predicted octanol–water partition coefficient (Wildman–Crippen LogP) is 4.79. The molecule has 7 nitrogen and oxygen atoms in total. The van der Waals surface area contributed by atoms with Gasteiger partial charge in [0.2, 0.25) is 0 Å². The van der Waals surface area contributed by atoms with Gasteiger partial charge >= 0.3 is 11.9 Å². The molecule has 0 amide bonds. The third-order valence-corrected chi connectivity index (χ3v) is 4.41. The Labute approximate surface area is 166 Å². The maximum atomic E-state index is 11.9. The topological polar surface area (TPSA) is 93.4 Å². The molecule has 0 fully saturated rings. The van der Waals surface area contributed by atoms with Crippen LogP contribution in [0.4, 0.5) is 0 Å². The molecule has 2 N–H and O–H groups in total. The van der Waals surface area contributed by atoms with Crippen molar-refractivity contribution >= 4 is 33.7 Å². The van der Waals surface area contributed by atoms with E-state index in [1.165, 1.54) is 0 Å². The van der Waals surface area contributed by atoms with Crippen molar-refractivity contribution in [3.63, 3.8) is 0 Å². The molecule has 2 heterocycles. The van der Waals surface area contributed by atoms with Crippen molar-refractivity contribution in [2.75, 3.05) is 13.2 Å². The molecule has 2 aromatic heterocycles. The monoisotopic (exact) mass is 392 g/mol. The van der Waals surface area contributed by atoms with Gasteiger partial charge in [0.15, 0.2) is 0 Å². The van der Waals surface area contributed by atoms with Crippen molar-refractivity contribution in [3.05, 3.63) is 59.9 Å². The second kappa shape index (κ2) is 7.71. The first-order valence-electron chi connectivity index (χ1n) is 9.35. The summed E-state index contributed by atoms with van der Waals surface area (Å²) < 4.78 is 16.0. The SMILES string of the molecule is CCOC(=O)c1cc2cc(Oc3ccc4[nH]c(C(=O)OCC)cc4c3)ccc2[nH]1. The lowest BCUT2D eigenvalue weighted by Gasteiger charge is -2.06. The van der Waals surface area contributed by atoms with Crippen LogP contribution in [0.5, 0.6) is 11.5 Å². The van der Waals surface area contributed by atoms with Crippen molar-refractivity contribution in [2.24, 2.45) is 0 Å². The van der Waals surface area contributed by atoms with E-state index in [4.69, 9.17) is 14.2 Å². The molecule has 29 heavy (non-hydrogen) atoms. The first-order chi connectivity index (χ1) is 14.1. The molecule has 0 aliphatic heterocycles. The van der Waals surface area contributed by atoms with Crippen LogP contribution in [0, 0.1) is 0 Å². The van der Waals surface area contributed by atoms with Crippen molar-refractivity contribution in [3.8, 4) is 11.5 Å². The molecule has 0 spiro atoms. The van der Waals surface area contributed by atoms with E-state index in [2.05, 4.69) is 9.97 Å². The Morgan fingerprint density at radius 2 is 1.17 bits per heavy atom. The van der Waals surface area contributed by atoms with Crippen LogP contribution in [0.15, 0.2) is 48.5 Å². The van der Waals surface area contributed by atoms with Gasteiger partial charge < -0.3 is 24.2 Å². The summed E-state index contributed by atoms with van der Waals surface area (Å²) in [4.78, 5) is 29.9. The quantitative estimate of drug-likeness (QED) is 0.460. The molecular formula is C22H20N2O5. The lowest BCUT2D eigenvalue weighted by Crippen LogP contribution is -2.04. The molecule has 4 aromatic rings. The van der Waals surface area contributed by atoms with E-state index in [1.807, 2.05) is 36.4 Å². The largest absolute Gasteiger partial charge is 0.461 e. The summed E-state index contributed by atoms with van der Waals surface area (Å²) in [5.41, 5.74) is 2.44. The van der Waals surface area contributed by atoms with Crippen molar-refractivity contribution < 1.29 is 23.8 Å². The Balaban J connectivity index is 1.57. The second-order valence-corrected chi connectivity index (χ2v) is 6.41. The van der Waals surface area contributed by atoms with Gasteiger partial charge in [-0.25, -0.2) is 9.59 Å². The second-order valence-electron chi connectivity index (χ2n) is 6.41. The van der Waals surface area contributed by atoms with Crippen LogP contribution in [0.25, 0.3) is 21.8 Å². The molecule has 0 aliphatic carbocycles. The van der Waals surface area contributed by atoms with Crippen molar-refractivity contribution in [1.82, 2.24) is 9.97 Å². The number of carbonyl (C=O) groups excluding carboxylic acids is 2. The van der Waals surface area contributed by atoms with E-state index in [-0.39, 0.29) is 11.9 Å². The van der Waals surface area contributed by atoms with Gasteiger partial charge in [-0.3, -0.25) is 0 Å². The first-order valence-corrected chi connectivity index (χ1v) is 9.35. The summed E-state index contributed by atoms with van der Waals surface area (Å²) in [6, 6.07) is 14.5. The Bertz CT molecular complexity index is 1110. The van der Waals surface area contributed by atoms with Gasteiger partial charge in [-0.2, -0.15) is 0 Å². The molecule has 2 aromatic carbocycles. The molecule has 7 heteroatoms. The summed E-state index contributed by atoms with van der Waals surface area (Å²) in [5, 5.41) is 1.69. The van der Waals surface area contributed by atoms with E-state index in [0.717, 1.165) is 21.8 Å². The average Bonchev–Trinajstić information content (AvgIpc) is 3.32.